The molecule has 2 nitrogen and oxygen atoms in total. The molecule has 0 bridgehead atoms. The molecule has 1 N–H and O–H groups in total. The number of rotatable bonds is 1. The molecule has 2 fully saturated rings. The van der Waals surface area contributed by atoms with E-state index in [1.807, 2.05) is 0 Å². The summed E-state index contributed by atoms with van der Waals surface area (Å²) in [5.41, 5.74) is 1.38. The highest BCUT2D eigenvalue weighted by Gasteiger charge is 2.42. The summed E-state index contributed by atoms with van der Waals surface area (Å²) in [6.45, 7) is 3.23. The molecule has 18 heavy (non-hydrogen) atoms. The second kappa shape index (κ2) is 4.95. The van der Waals surface area contributed by atoms with Gasteiger partial charge in [0.1, 0.15) is 0 Å². The summed E-state index contributed by atoms with van der Waals surface area (Å²) in [6, 6.07) is 8.92. The van der Waals surface area contributed by atoms with E-state index in [0.29, 0.717) is 6.04 Å². The monoisotopic (exact) mass is 309 g/mol. The van der Waals surface area contributed by atoms with Crippen LogP contribution in [-0.2, 0) is 4.74 Å². The zero-order valence-electron chi connectivity index (χ0n) is 10.8. The summed E-state index contributed by atoms with van der Waals surface area (Å²) in [4.78, 5) is 0. The maximum absolute atomic E-state index is 6.50. The van der Waals surface area contributed by atoms with Gasteiger partial charge in [-0.1, -0.05) is 40.9 Å². The largest absolute Gasteiger partial charge is 0.364 e. The summed E-state index contributed by atoms with van der Waals surface area (Å²) in [6.07, 6.45) is 5.22. The highest BCUT2D eigenvalue weighted by Crippen LogP contribution is 2.41. The van der Waals surface area contributed by atoms with E-state index in [9.17, 15) is 0 Å². The van der Waals surface area contributed by atoms with E-state index >= 15 is 0 Å². The van der Waals surface area contributed by atoms with Gasteiger partial charge in [0, 0.05) is 17.1 Å². The van der Waals surface area contributed by atoms with Crippen LogP contribution in [0.2, 0.25) is 0 Å². The minimum atomic E-state index is 0.101. The Morgan fingerprint density at radius 2 is 1.89 bits per heavy atom. The topological polar surface area (TPSA) is 21.3 Å². The average Bonchev–Trinajstić information content (AvgIpc) is 2.82. The third-order valence-electron chi connectivity index (χ3n) is 4.29. The van der Waals surface area contributed by atoms with Gasteiger partial charge in [0.15, 0.2) is 0 Å². The quantitative estimate of drug-likeness (QED) is 0.851. The molecule has 2 unspecified atom stereocenters. The fraction of sp³-hybridized carbons (Fsp3) is 0.600. The zero-order valence-corrected chi connectivity index (χ0v) is 12.4. The maximum atomic E-state index is 6.50. The maximum Gasteiger partial charge on any atom is 0.0983 e. The normalized spacial score (nSPS) is 30.8. The van der Waals surface area contributed by atoms with Crippen LogP contribution in [0.4, 0.5) is 0 Å². The van der Waals surface area contributed by atoms with E-state index in [1.54, 1.807) is 0 Å². The van der Waals surface area contributed by atoms with Gasteiger partial charge < -0.3 is 10.1 Å². The Kier molecular flexibility index (Phi) is 3.48. The Hall–Kier alpha value is -0.380. The molecule has 0 amide bonds. The first-order chi connectivity index (χ1) is 8.69. The lowest BCUT2D eigenvalue weighted by molar-refractivity contribution is -0.131. The van der Waals surface area contributed by atoms with E-state index < -0.39 is 0 Å². The Balaban J connectivity index is 1.82. The molecular formula is C15H20BrNO. The second-order valence-electron chi connectivity index (χ2n) is 5.65. The van der Waals surface area contributed by atoms with Gasteiger partial charge in [-0.15, -0.1) is 0 Å². The van der Waals surface area contributed by atoms with Crippen molar-refractivity contribution >= 4 is 15.9 Å². The predicted octanol–water partition coefficient (Wildman–Crippen LogP) is 3.81. The molecule has 1 heterocycles. The molecule has 3 heteroatoms. The van der Waals surface area contributed by atoms with Gasteiger partial charge in [-0.05, 0) is 37.5 Å². The van der Waals surface area contributed by atoms with Gasteiger partial charge >= 0.3 is 0 Å². The van der Waals surface area contributed by atoms with Gasteiger partial charge in [0.2, 0.25) is 0 Å². The van der Waals surface area contributed by atoms with E-state index in [-0.39, 0.29) is 11.7 Å². The first-order valence-corrected chi connectivity index (χ1v) is 7.65. The molecule has 1 saturated heterocycles. The molecule has 1 aromatic carbocycles. The van der Waals surface area contributed by atoms with E-state index in [2.05, 4.69) is 52.4 Å². The number of ether oxygens (including phenoxy) is 1. The number of hydrogen-bond acceptors (Lipinski definition) is 2. The van der Waals surface area contributed by atoms with Gasteiger partial charge in [-0.3, -0.25) is 0 Å². The Morgan fingerprint density at radius 1 is 1.22 bits per heavy atom. The van der Waals surface area contributed by atoms with Crippen molar-refractivity contribution in [3.8, 4) is 0 Å². The standard InChI is InChI=1S/C15H20BrNO/c1-11-14(12-4-6-13(16)7-5-12)18-15(10-17-11)8-2-3-9-15/h4-7,11,14,17H,2-3,8-10H2,1H3. The van der Waals surface area contributed by atoms with Gasteiger partial charge in [0.05, 0.1) is 11.7 Å². The molecule has 1 spiro atoms. The van der Waals surface area contributed by atoms with Crippen molar-refractivity contribution in [2.45, 2.75) is 50.4 Å². The minimum Gasteiger partial charge on any atom is -0.364 e. The average molecular weight is 310 g/mol. The van der Waals surface area contributed by atoms with Crippen LogP contribution in [0.15, 0.2) is 28.7 Å². The summed E-state index contributed by atoms with van der Waals surface area (Å²) in [5.74, 6) is 0. The predicted molar refractivity (Wildman–Crippen MR) is 76.6 cm³/mol. The molecular weight excluding hydrogens is 290 g/mol. The zero-order chi connectivity index (χ0) is 12.6. The van der Waals surface area contributed by atoms with Gasteiger partial charge in [0.25, 0.3) is 0 Å². The number of halogens is 1. The van der Waals surface area contributed by atoms with Crippen molar-refractivity contribution in [3.63, 3.8) is 0 Å². The van der Waals surface area contributed by atoms with Gasteiger partial charge in [-0.25, -0.2) is 0 Å². The molecule has 2 atom stereocenters. The van der Waals surface area contributed by atoms with Crippen LogP contribution < -0.4 is 5.32 Å². The van der Waals surface area contributed by atoms with Crippen molar-refractivity contribution < 1.29 is 4.74 Å². The first-order valence-electron chi connectivity index (χ1n) is 6.85. The third-order valence-corrected chi connectivity index (χ3v) is 4.82. The third kappa shape index (κ3) is 2.36. The van der Waals surface area contributed by atoms with Crippen LogP contribution in [0.3, 0.4) is 0 Å². The Labute approximate surface area is 117 Å². The Morgan fingerprint density at radius 3 is 2.56 bits per heavy atom. The fourth-order valence-corrected chi connectivity index (χ4v) is 3.45. The number of morpholine rings is 1. The number of nitrogens with one attached hydrogen (secondary N) is 1. The van der Waals surface area contributed by atoms with Crippen molar-refractivity contribution in [3.05, 3.63) is 34.3 Å². The summed E-state index contributed by atoms with van der Waals surface area (Å²) in [5, 5.41) is 3.64. The molecule has 0 aromatic heterocycles. The summed E-state index contributed by atoms with van der Waals surface area (Å²) >= 11 is 3.49. The fourth-order valence-electron chi connectivity index (χ4n) is 3.19. The highest BCUT2D eigenvalue weighted by atomic mass is 79.9. The van der Waals surface area contributed by atoms with Crippen LogP contribution in [0, 0.1) is 0 Å². The van der Waals surface area contributed by atoms with Crippen molar-refractivity contribution in [2.24, 2.45) is 0 Å². The Bertz CT molecular complexity index is 411. The van der Waals surface area contributed by atoms with Crippen molar-refractivity contribution in [2.75, 3.05) is 6.54 Å². The molecule has 1 aliphatic carbocycles. The van der Waals surface area contributed by atoms with Crippen LogP contribution in [0.1, 0.15) is 44.3 Å². The molecule has 98 valence electrons. The van der Waals surface area contributed by atoms with E-state index in [4.69, 9.17) is 4.74 Å². The summed E-state index contributed by atoms with van der Waals surface area (Å²) < 4.78 is 7.62. The van der Waals surface area contributed by atoms with Crippen LogP contribution in [0.25, 0.3) is 0 Å². The van der Waals surface area contributed by atoms with E-state index in [1.165, 1.54) is 31.2 Å². The van der Waals surface area contributed by atoms with Gasteiger partial charge in [-0.2, -0.15) is 0 Å². The van der Waals surface area contributed by atoms with Crippen LogP contribution in [0.5, 0.6) is 0 Å². The lowest BCUT2D eigenvalue weighted by Crippen LogP contribution is -2.53. The number of hydrogen-bond donors (Lipinski definition) is 1. The molecule has 0 radical (unpaired) electrons. The van der Waals surface area contributed by atoms with Crippen molar-refractivity contribution in [1.29, 1.82) is 0 Å². The lowest BCUT2D eigenvalue weighted by Gasteiger charge is -2.43. The summed E-state index contributed by atoms with van der Waals surface area (Å²) in [7, 11) is 0. The van der Waals surface area contributed by atoms with Crippen LogP contribution >= 0.6 is 15.9 Å². The number of benzene rings is 1. The van der Waals surface area contributed by atoms with Crippen LogP contribution in [-0.4, -0.2) is 18.2 Å². The van der Waals surface area contributed by atoms with E-state index in [0.717, 1.165) is 11.0 Å². The lowest BCUT2D eigenvalue weighted by atomic mass is 9.94. The smallest absolute Gasteiger partial charge is 0.0983 e. The second-order valence-corrected chi connectivity index (χ2v) is 6.57. The van der Waals surface area contributed by atoms with Crippen molar-refractivity contribution in [1.82, 2.24) is 5.32 Å². The minimum absolute atomic E-state index is 0.101. The first kappa shape index (κ1) is 12.6. The highest BCUT2D eigenvalue weighted by molar-refractivity contribution is 9.10. The molecule has 1 saturated carbocycles. The molecule has 1 aromatic rings. The molecule has 2 aliphatic rings. The molecule has 3 rings (SSSR count). The molecule has 1 aliphatic heterocycles. The SMILES string of the molecule is CC1NCC2(CCCC2)OC1c1ccc(Br)cc1.